The molecule has 5 rings (SSSR count). The van der Waals surface area contributed by atoms with Crippen LogP contribution < -0.4 is 10.6 Å². The minimum atomic E-state index is -4.54. The van der Waals surface area contributed by atoms with Crippen LogP contribution in [0.3, 0.4) is 0 Å². The number of amides is 1. The van der Waals surface area contributed by atoms with Crippen LogP contribution in [0.1, 0.15) is 29.5 Å². The lowest BCUT2D eigenvalue weighted by Crippen LogP contribution is -2.15. The first-order valence-corrected chi connectivity index (χ1v) is 12.8. The molecule has 0 fully saturated rings. The van der Waals surface area contributed by atoms with Gasteiger partial charge in [-0.15, -0.1) is 5.10 Å². The highest BCUT2D eigenvalue weighted by molar-refractivity contribution is 5.91. The minimum Gasteiger partial charge on any atom is -0.320 e. The van der Waals surface area contributed by atoms with Crippen molar-refractivity contribution in [2.45, 2.75) is 25.9 Å². The van der Waals surface area contributed by atoms with Gasteiger partial charge in [-0.2, -0.15) is 28.5 Å². The zero-order valence-electron chi connectivity index (χ0n) is 22.2. The van der Waals surface area contributed by atoms with Gasteiger partial charge in [-0.05, 0) is 80.5 Å². The summed E-state index contributed by atoms with van der Waals surface area (Å²) in [5.41, 5.74) is 3.36. The molecule has 12 heteroatoms. The summed E-state index contributed by atoms with van der Waals surface area (Å²) in [7, 11) is 1.80. The van der Waals surface area contributed by atoms with E-state index in [-0.39, 0.29) is 18.3 Å². The van der Waals surface area contributed by atoms with Crippen molar-refractivity contribution in [2.24, 2.45) is 0 Å². The Morgan fingerprint density at radius 2 is 1.90 bits per heavy atom. The van der Waals surface area contributed by atoms with E-state index in [2.05, 4.69) is 31.9 Å². The third-order valence-electron chi connectivity index (χ3n) is 6.61. The number of pyridine rings is 1. The Bertz CT molecular complexity index is 1760. The largest absolute Gasteiger partial charge is 0.416 e. The number of benzene rings is 2. The number of nitriles is 1. The molecule has 3 heterocycles. The second kappa shape index (κ2) is 11.2. The van der Waals surface area contributed by atoms with Crippen LogP contribution in [0.15, 0.2) is 67.0 Å². The van der Waals surface area contributed by atoms with Crippen molar-refractivity contribution in [1.82, 2.24) is 29.7 Å². The normalized spacial score (nSPS) is 11.5. The molecule has 0 unspecified atom stereocenters. The summed E-state index contributed by atoms with van der Waals surface area (Å²) in [5, 5.41) is 23.7. The van der Waals surface area contributed by atoms with Crippen molar-refractivity contribution >= 4 is 17.5 Å². The highest BCUT2D eigenvalue weighted by Crippen LogP contribution is 2.38. The van der Waals surface area contributed by atoms with Gasteiger partial charge in [0.1, 0.15) is 0 Å². The number of halogens is 3. The molecule has 0 saturated heterocycles. The highest BCUT2D eigenvalue weighted by atomic mass is 19.4. The van der Waals surface area contributed by atoms with Gasteiger partial charge >= 0.3 is 6.18 Å². The van der Waals surface area contributed by atoms with Crippen molar-refractivity contribution in [3.8, 4) is 34.1 Å². The Labute approximate surface area is 233 Å². The SMILES string of the molecule is CNCCCC(=O)Nc1nc2c(-c3cccc(C(F)(F)F)c3)c(C)c(-c3ccnn3-c3ccc(C#N)cc3)cn2n1. The molecule has 0 saturated carbocycles. The molecule has 2 N–H and O–H groups in total. The number of fused-ring (bicyclic) bond motifs is 1. The predicted octanol–water partition coefficient (Wildman–Crippen LogP) is 5.39. The maximum Gasteiger partial charge on any atom is 0.416 e. The Balaban J connectivity index is 1.68. The monoisotopic (exact) mass is 558 g/mol. The van der Waals surface area contributed by atoms with Gasteiger partial charge in [-0.25, -0.2) is 9.20 Å². The quantitative estimate of drug-likeness (QED) is 0.247. The molecule has 0 spiro atoms. The van der Waals surface area contributed by atoms with Crippen molar-refractivity contribution in [1.29, 1.82) is 5.26 Å². The van der Waals surface area contributed by atoms with Gasteiger partial charge < -0.3 is 5.32 Å². The van der Waals surface area contributed by atoms with E-state index in [0.29, 0.717) is 57.8 Å². The van der Waals surface area contributed by atoms with Crippen LogP contribution >= 0.6 is 0 Å². The van der Waals surface area contributed by atoms with E-state index in [9.17, 15) is 18.0 Å². The second-order valence-electron chi connectivity index (χ2n) is 9.37. The number of carbonyl (C=O) groups excluding carboxylic acids is 1. The summed E-state index contributed by atoms with van der Waals surface area (Å²) < 4.78 is 44.1. The first-order chi connectivity index (χ1) is 19.7. The predicted molar refractivity (Wildman–Crippen MR) is 147 cm³/mol. The van der Waals surface area contributed by atoms with Crippen LogP contribution in [0.4, 0.5) is 19.1 Å². The van der Waals surface area contributed by atoms with Gasteiger partial charge in [-0.3, -0.25) is 10.1 Å². The van der Waals surface area contributed by atoms with E-state index in [1.807, 2.05) is 0 Å². The van der Waals surface area contributed by atoms with Crippen LogP contribution in [0.5, 0.6) is 0 Å². The van der Waals surface area contributed by atoms with Crippen molar-refractivity contribution in [2.75, 3.05) is 18.9 Å². The maximum atomic E-state index is 13.7. The van der Waals surface area contributed by atoms with E-state index in [4.69, 9.17) is 5.26 Å². The third-order valence-corrected chi connectivity index (χ3v) is 6.61. The summed E-state index contributed by atoms with van der Waals surface area (Å²) >= 11 is 0. The zero-order chi connectivity index (χ0) is 29.1. The molecule has 41 heavy (non-hydrogen) atoms. The topological polar surface area (TPSA) is 113 Å². The number of hydrogen-bond acceptors (Lipinski definition) is 6. The number of nitrogens with one attached hydrogen (secondary N) is 2. The molecular weight excluding hydrogens is 533 g/mol. The van der Waals surface area contributed by atoms with E-state index in [1.54, 1.807) is 67.4 Å². The molecule has 0 aliphatic rings. The molecule has 0 atom stereocenters. The zero-order valence-corrected chi connectivity index (χ0v) is 22.2. The number of anilines is 1. The van der Waals surface area contributed by atoms with Gasteiger partial charge in [0, 0.05) is 23.7 Å². The molecule has 9 nitrogen and oxygen atoms in total. The van der Waals surface area contributed by atoms with Crippen molar-refractivity contribution in [3.05, 3.63) is 83.7 Å². The Morgan fingerprint density at radius 1 is 1.12 bits per heavy atom. The van der Waals surface area contributed by atoms with Crippen molar-refractivity contribution < 1.29 is 18.0 Å². The lowest BCUT2D eigenvalue weighted by atomic mass is 9.95. The smallest absolute Gasteiger partial charge is 0.320 e. The van der Waals surface area contributed by atoms with Crippen LogP contribution in [0.2, 0.25) is 0 Å². The Kier molecular flexibility index (Phi) is 7.54. The lowest BCUT2D eigenvalue weighted by Gasteiger charge is -2.16. The Morgan fingerprint density at radius 3 is 2.61 bits per heavy atom. The number of alkyl halides is 3. The summed E-state index contributed by atoms with van der Waals surface area (Å²) in [6.07, 6.45) is -0.341. The molecule has 0 radical (unpaired) electrons. The third kappa shape index (κ3) is 5.66. The second-order valence-corrected chi connectivity index (χ2v) is 9.37. The van der Waals surface area contributed by atoms with Gasteiger partial charge in [0.25, 0.3) is 0 Å². The summed E-state index contributed by atoms with van der Waals surface area (Å²) in [6, 6.07) is 15.8. The van der Waals surface area contributed by atoms with Gasteiger partial charge in [-0.1, -0.05) is 12.1 Å². The fourth-order valence-electron chi connectivity index (χ4n) is 4.62. The number of nitrogens with zero attached hydrogens (tertiary/aromatic N) is 6. The molecule has 5 aromatic rings. The molecule has 3 aromatic heterocycles. The van der Waals surface area contributed by atoms with Crippen molar-refractivity contribution in [3.63, 3.8) is 0 Å². The number of carbonyl (C=O) groups is 1. The van der Waals surface area contributed by atoms with E-state index < -0.39 is 11.7 Å². The average Bonchev–Trinajstić information content (AvgIpc) is 3.59. The molecule has 2 aromatic carbocycles. The molecule has 0 bridgehead atoms. The Hall–Kier alpha value is -5.02. The summed E-state index contributed by atoms with van der Waals surface area (Å²) in [6.45, 7) is 2.47. The van der Waals surface area contributed by atoms with Crippen LogP contribution in [0.25, 0.3) is 33.7 Å². The number of hydrogen-bond donors (Lipinski definition) is 2. The van der Waals surface area contributed by atoms with E-state index >= 15 is 0 Å². The molecule has 208 valence electrons. The molecule has 1 amide bonds. The van der Waals surface area contributed by atoms with Gasteiger partial charge in [0.15, 0.2) is 5.65 Å². The van der Waals surface area contributed by atoms with E-state index in [0.717, 1.165) is 12.1 Å². The van der Waals surface area contributed by atoms with Crippen LogP contribution in [-0.4, -0.2) is 43.9 Å². The fraction of sp³-hybridized carbons (Fsp3) is 0.207. The minimum absolute atomic E-state index is 0.0461. The first kappa shape index (κ1) is 27.5. The number of rotatable bonds is 8. The van der Waals surface area contributed by atoms with Crippen LogP contribution in [-0.2, 0) is 11.0 Å². The summed E-state index contributed by atoms with van der Waals surface area (Å²) in [5.74, 6) is -0.225. The van der Waals surface area contributed by atoms with E-state index in [1.165, 1.54) is 10.6 Å². The molecule has 0 aliphatic carbocycles. The average molecular weight is 559 g/mol. The van der Waals surface area contributed by atoms with Crippen LogP contribution in [0, 0.1) is 18.3 Å². The van der Waals surface area contributed by atoms with Gasteiger partial charge in [0.2, 0.25) is 11.9 Å². The maximum absolute atomic E-state index is 13.7. The lowest BCUT2D eigenvalue weighted by molar-refractivity contribution is -0.137. The summed E-state index contributed by atoms with van der Waals surface area (Å²) in [4.78, 5) is 17.0. The molecule has 0 aliphatic heterocycles. The van der Waals surface area contributed by atoms with Gasteiger partial charge in [0.05, 0.1) is 34.8 Å². The fourth-order valence-corrected chi connectivity index (χ4v) is 4.62. The first-order valence-electron chi connectivity index (χ1n) is 12.8. The standard InChI is InChI=1S/C29H25F3N8O/c1-18-23(24-12-14-35-40(24)22-10-8-19(16-33)9-11-22)17-39-27(37-28(38-39)36-25(41)7-4-13-34-2)26(18)20-5-3-6-21(15-20)29(30,31)32/h3,5-6,8-12,14-15,17,34H,4,7,13H2,1-2H3,(H,36,38,41). The number of aromatic nitrogens is 5. The highest BCUT2D eigenvalue weighted by Gasteiger charge is 2.31. The molecular formula is C29H25F3N8O.